The first-order valence-electron chi connectivity index (χ1n) is 8.93. The topological polar surface area (TPSA) is 81.1 Å². The second-order valence-corrected chi connectivity index (χ2v) is 9.39. The first kappa shape index (κ1) is 19.0. The molecule has 1 aromatic heterocycles. The second-order valence-electron chi connectivity index (χ2n) is 7.16. The normalized spacial score (nSPS) is 20.9. The molecule has 0 bridgehead atoms. The molecule has 1 saturated heterocycles. The predicted molar refractivity (Wildman–Crippen MR) is 96.0 cm³/mol. The van der Waals surface area contributed by atoms with E-state index in [-0.39, 0.29) is 22.9 Å². The van der Waals surface area contributed by atoms with E-state index < -0.39 is 33.5 Å². The summed E-state index contributed by atoms with van der Waals surface area (Å²) in [5.74, 6) is -0.617. The molecule has 28 heavy (non-hydrogen) atoms. The number of sulfone groups is 1. The third-order valence-electron chi connectivity index (χ3n) is 5.15. The molecule has 4 rings (SSSR count). The van der Waals surface area contributed by atoms with Crippen LogP contribution in [0.25, 0.3) is 0 Å². The molecular weight excluding hydrogens is 395 g/mol. The average molecular weight is 413 g/mol. The number of nitrogens with one attached hydrogen (secondary N) is 1. The van der Waals surface area contributed by atoms with Gasteiger partial charge in [-0.3, -0.25) is 9.48 Å². The Morgan fingerprint density at radius 1 is 1.25 bits per heavy atom. The number of halogens is 3. The van der Waals surface area contributed by atoms with E-state index in [0.717, 1.165) is 29.8 Å². The maximum Gasteiger partial charge on any atom is 0.416 e. The van der Waals surface area contributed by atoms with Crippen LogP contribution in [-0.4, -0.2) is 35.6 Å². The number of aryl methyl sites for hydroxylation is 1. The Kier molecular flexibility index (Phi) is 4.48. The minimum Gasteiger partial charge on any atom is -0.321 e. The van der Waals surface area contributed by atoms with Gasteiger partial charge in [0.1, 0.15) is 5.69 Å². The summed E-state index contributed by atoms with van der Waals surface area (Å²) >= 11 is 0. The Morgan fingerprint density at radius 2 is 2.04 bits per heavy atom. The molecule has 2 heterocycles. The molecule has 0 spiro atoms. The SMILES string of the molecule is O=C(Nc1cccc(C(F)(F)F)c1)c1c2c(nn1[C@@H]1CCS(=O)(=O)C1)CCC2. The molecule has 1 atom stereocenters. The molecule has 150 valence electrons. The van der Waals surface area contributed by atoms with Crippen LogP contribution < -0.4 is 5.32 Å². The number of amides is 1. The fraction of sp³-hybridized carbons (Fsp3) is 0.444. The number of aromatic nitrogens is 2. The molecule has 1 N–H and O–H groups in total. The maximum absolute atomic E-state index is 12.9. The predicted octanol–water partition coefficient (Wildman–Crippen LogP) is 3.00. The van der Waals surface area contributed by atoms with Gasteiger partial charge in [0.2, 0.25) is 0 Å². The largest absolute Gasteiger partial charge is 0.416 e. The number of anilines is 1. The standard InChI is InChI=1S/C18H18F3N3O3S/c19-18(20,21)11-3-1-4-12(9-11)22-17(25)16-14-5-2-6-15(14)23-24(16)13-7-8-28(26,27)10-13/h1,3-4,9,13H,2,5-8,10H2,(H,22,25)/t13-/m1/s1. The van der Waals surface area contributed by atoms with Crippen molar-refractivity contribution in [2.24, 2.45) is 0 Å². The molecule has 6 nitrogen and oxygen atoms in total. The third kappa shape index (κ3) is 3.52. The van der Waals surface area contributed by atoms with E-state index in [2.05, 4.69) is 10.4 Å². The number of rotatable bonds is 3. The van der Waals surface area contributed by atoms with Gasteiger partial charge in [0, 0.05) is 11.3 Å². The van der Waals surface area contributed by atoms with Crippen LogP contribution in [0.15, 0.2) is 24.3 Å². The van der Waals surface area contributed by atoms with E-state index >= 15 is 0 Å². The van der Waals surface area contributed by atoms with Crippen LogP contribution in [-0.2, 0) is 28.9 Å². The lowest BCUT2D eigenvalue weighted by Crippen LogP contribution is -2.23. The Morgan fingerprint density at radius 3 is 2.71 bits per heavy atom. The van der Waals surface area contributed by atoms with Gasteiger partial charge in [0.15, 0.2) is 9.84 Å². The van der Waals surface area contributed by atoms with Gasteiger partial charge >= 0.3 is 6.18 Å². The van der Waals surface area contributed by atoms with Gasteiger partial charge < -0.3 is 5.32 Å². The molecule has 1 aliphatic carbocycles. The van der Waals surface area contributed by atoms with Crippen molar-refractivity contribution in [1.29, 1.82) is 0 Å². The molecule has 2 aromatic rings. The van der Waals surface area contributed by atoms with Crippen LogP contribution in [0.5, 0.6) is 0 Å². The second kappa shape index (κ2) is 6.61. The van der Waals surface area contributed by atoms with Crippen molar-refractivity contribution < 1.29 is 26.4 Å². The molecule has 0 unspecified atom stereocenters. The summed E-state index contributed by atoms with van der Waals surface area (Å²) < 4.78 is 63.9. The van der Waals surface area contributed by atoms with E-state index in [4.69, 9.17) is 0 Å². The Bertz CT molecular complexity index is 1040. The zero-order valence-electron chi connectivity index (χ0n) is 14.8. The van der Waals surface area contributed by atoms with Gasteiger partial charge in [0.25, 0.3) is 5.91 Å². The molecule has 1 aromatic carbocycles. The van der Waals surface area contributed by atoms with Gasteiger partial charge in [-0.05, 0) is 43.9 Å². The molecule has 1 amide bonds. The Balaban J connectivity index is 1.66. The average Bonchev–Trinajstić information content (AvgIpc) is 3.27. The van der Waals surface area contributed by atoms with Gasteiger partial charge in [-0.1, -0.05) is 6.07 Å². The van der Waals surface area contributed by atoms with Crippen molar-refractivity contribution >= 4 is 21.4 Å². The van der Waals surface area contributed by atoms with Crippen molar-refractivity contribution in [3.63, 3.8) is 0 Å². The number of nitrogens with zero attached hydrogens (tertiary/aromatic N) is 2. The molecule has 2 aliphatic rings. The summed E-state index contributed by atoms with van der Waals surface area (Å²) in [4.78, 5) is 12.9. The summed E-state index contributed by atoms with van der Waals surface area (Å²) in [5.41, 5.74) is 0.948. The van der Waals surface area contributed by atoms with Crippen LogP contribution >= 0.6 is 0 Å². The summed E-state index contributed by atoms with van der Waals surface area (Å²) in [6, 6.07) is 3.98. The lowest BCUT2D eigenvalue weighted by Gasteiger charge is -2.15. The highest BCUT2D eigenvalue weighted by atomic mass is 32.2. The monoisotopic (exact) mass is 413 g/mol. The van der Waals surface area contributed by atoms with E-state index in [1.165, 1.54) is 16.8 Å². The van der Waals surface area contributed by atoms with Crippen molar-refractivity contribution in [3.8, 4) is 0 Å². The quantitative estimate of drug-likeness (QED) is 0.839. The number of fused-ring (bicyclic) bond motifs is 1. The molecule has 1 aliphatic heterocycles. The number of carbonyl (C=O) groups excluding carboxylic acids is 1. The minimum absolute atomic E-state index is 0.0263. The van der Waals surface area contributed by atoms with Crippen LogP contribution in [0.4, 0.5) is 18.9 Å². The van der Waals surface area contributed by atoms with E-state index in [1.54, 1.807) is 0 Å². The number of hydrogen-bond acceptors (Lipinski definition) is 4. The van der Waals surface area contributed by atoms with Crippen molar-refractivity contribution in [3.05, 3.63) is 46.8 Å². The highest BCUT2D eigenvalue weighted by Crippen LogP contribution is 2.33. The van der Waals surface area contributed by atoms with E-state index in [9.17, 15) is 26.4 Å². The number of hydrogen-bond donors (Lipinski definition) is 1. The molecule has 0 radical (unpaired) electrons. The maximum atomic E-state index is 12.9. The van der Waals surface area contributed by atoms with Crippen LogP contribution in [0.2, 0.25) is 0 Å². The summed E-state index contributed by atoms with van der Waals surface area (Å²) in [7, 11) is -3.18. The first-order valence-corrected chi connectivity index (χ1v) is 10.8. The Labute approximate surface area is 159 Å². The van der Waals surface area contributed by atoms with Crippen molar-refractivity contribution in [1.82, 2.24) is 9.78 Å². The molecule has 1 fully saturated rings. The minimum atomic E-state index is -4.51. The highest BCUT2D eigenvalue weighted by Gasteiger charge is 2.36. The van der Waals surface area contributed by atoms with Crippen molar-refractivity contribution in [2.75, 3.05) is 16.8 Å². The number of benzene rings is 1. The fourth-order valence-corrected chi connectivity index (χ4v) is 5.54. The van der Waals surface area contributed by atoms with Gasteiger partial charge in [-0.25, -0.2) is 8.42 Å². The fourth-order valence-electron chi connectivity index (χ4n) is 3.85. The number of alkyl halides is 3. The van der Waals surface area contributed by atoms with E-state index in [1.807, 2.05) is 0 Å². The highest BCUT2D eigenvalue weighted by molar-refractivity contribution is 7.91. The van der Waals surface area contributed by atoms with Gasteiger partial charge in [-0.2, -0.15) is 18.3 Å². The van der Waals surface area contributed by atoms with Crippen LogP contribution in [0, 0.1) is 0 Å². The lowest BCUT2D eigenvalue weighted by atomic mass is 10.1. The molecular formula is C18H18F3N3O3S. The first-order chi connectivity index (χ1) is 13.1. The zero-order valence-corrected chi connectivity index (χ0v) is 15.6. The van der Waals surface area contributed by atoms with Gasteiger partial charge in [0.05, 0.1) is 28.8 Å². The van der Waals surface area contributed by atoms with Gasteiger partial charge in [-0.15, -0.1) is 0 Å². The van der Waals surface area contributed by atoms with E-state index in [0.29, 0.717) is 19.3 Å². The Hall–Kier alpha value is -2.36. The smallest absolute Gasteiger partial charge is 0.321 e. The molecule has 0 saturated carbocycles. The summed E-state index contributed by atoms with van der Waals surface area (Å²) in [6.07, 6.45) is -1.97. The lowest BCUT2D eigenvalue weighted by molar-refractivity contribution is -0.137. The van der Waals surface area contributed by atoms with Crippen LogP contribution in [0.3, 0.4) is 0 Å². The zero-order chi connectivity index (χ0) is 20.1. The summed E-state index contributed by atoms with van der Waals surface area (Å²) in [6.45, 7) is 0. The third-order valence-corrected chi connectivity index (χ3v) is 6.90. The molecule has 10 heteroatoms. The van der Waals surface area contributed by atoms with Crippen LogP contribution in [0.1, 0.15) is 46.2 Å². The number of carbonyl (C=O) groups is 1. The van der Waals surface area contributed by atoms with Crippen molar-refractivity contribution in [2.45, 2.75) is 37.9 Å². The summed E-state index contributed by atoms with van der Waals surface area (Å²) in [5, 5.41) is 6.99.